The molecule has 0 fully saturated rings. The zero-order valence-electron chi connectivity index (χ0n) is 10.5. The first-order valence-electron chi connectivity index (χ1n) is 6.11. The van der Waals surface area contributed by atoms with E-state index < -0.39 is 0 Å². The van der Waals surface area contributed by atoms with Crippen molar-refractivity contribution in [3.05, 3.63) is 45.5 Å². The number of benzene rings is 1. The van der Waals surface area contributed by atoms with Crippen LogP contribution in [0.2, 0.25) is 0 Å². The van der Waals surface area contributed by atoms with E-state index in [0.29, 0.717) is 23.7 Å². The second-order valence-corrected chi connectivity index (χ2v) is 5.05. The number of nitrogens with one attached hydrogen (secondary N) is 1. The number of ether oxygens (including phenoxy) is 1. The number of hydrogen-bond acceptors (Lipinski definition) is 3. The molecule has 3 nitrogen and oxygen atoms in total. The van der Waals surface area contributed by atoms with Crippen LogP contribution in [0.25, 0.3) is 11.4 Å². The molecule has 1 aromatic carbocycles. The van der Waals surface area contributed by atoms with E-state index >= 15 is 0 Å². The summed E-state index contributed by atoms with van der Waals surface area (Å²) in [7, 11) is 0. The fourth-order valence-electron chi connectivity index (χ4n) is 2.26. The van der Waals surface area contributed by atoms with E-state index in [0.717, 1.165) is 28.8 Å². The average molecular weight is 276 g/mol. The van der Waals surface area contributed by atoms with Crippen molar-refractivity contribution in [3.8, 4) is 11.4 Å². The Morgan fingerprint density at radius 1 is 1.37 bits per heavy atom. The number of aromatic amines is 1. The minimum Gasteiger partial charge on any atom is -0.376 e. The van der Waals surface area contributed by atoms with Gasteiger partial charge in [-0.1, -0.05) is 12.2 Å². The first-order valence-corrected chi connectivity index (χ1v) is 6.52. The number of nitrogens with zero attached hydrogens (tertiary/aromatic N) is 1. The van der Waals surface area contributed by atoms with Gasteiger partial charge in [-0.3, -0.25) is 0 Å². The van der Waals surface area contributed by atoms with Gasteiger partial charge in [0, 0.05) is 23.2 Å². The third kappa shape index (κ3) is 2.43. The Morgan fingerprint density at radius 3 is 3.00 bits per heavy atom. The van der Waals surface area contributed by atoms with E-state index in [1.807, 2.05) is 13.0 Å². The predicted molar refractivity (Wildman–Crippen MR) is 72.9 cm³/mol. The molecule has 0 saturated heterocycles. The summed E-state index contributed by atoms with van der Waals surface area (Å²) in [5.41, 5.74) is 3.57. The van der Waals surface area contributed by atoms with E-state index in [2.05, 4.69) is 9.97 Å². The molecule has 2 heterocycles. The van der Waals surface area contributed by atoms with Crippen molar-refractivity contribution in [3.63, 3.8) is 0 Å². The van der Waals surface area contributed by atoms with Gasteiger partial charge in [0.1, 0.15) is 16.3 Å². The lowest BCUT2D eigenvalue weighted by Gasteiger charge is -2.17. The summed E-state index contributed by atoms with van der Waals surface area (Å²) in [5.74, 6) is 0.352. The van der Waals surface area contributed by atoms with Crippen LogP contribution in [0.1, 0.15) is 16.8 Å². The highest BCUT2D eigenvalue weighted by Crippen LogP contribution is 2.22. The Morgan fingerprint density at radius 2 is 2.21 bits per heavy atom. The molecule has 3 rings (SSSR count). The molecule has 19 heavy (non-hydrogen) atoms. The number of halogens is 1. The van der Waals surface area contributed by atoms with Gasteiger partial charge in [-0.2, -0.15) is 0 Å². The van der Waals surface area contributed by atoms with Gasteiger partial charge in [0.05, 0.1) is 13.2 Å². The summed E-state index contributed by atoms with van der Waals surface area (Å²) in [6, 6.07) is 4.85. The van der Waals surface area contributed by atoms with Gasteiger partial charge in [-0.15, -0.1) is 0 Å². The molecule has 0 atom stereocenters. The van der Waals surface area contributed by atoms with Gasteiger partial charge in [0.2, 0.25) is 0 Å². The van der Waals surface area contributed by atoms with Gasteiger partial charge in [-0.05, 0) is 30.7 Å². The highest BCUT2D eigenvalue weighted by Gasteiger charge is 2.14. The lowest BCUT2D eigenvalue weighted by Crippen LogP contribution is -2.14. The SMILES string of the molecule is Cc1cc(F)cc(-c2nc(=S)c3c([nH]2)CCOC3)c1. The van der Waals surface area contributed by atoms with Gasteiger partial charge in [0.15, 0.2) is 0 Å². The number of fused-ring (bicyclic) bond motifs is 1. The average Bonchev–Trinajstić information content (AvgIpc) is 2.37. The third-order valence-corrected chi connectivity index (χ3v) is 3.50. The quantitative estimate of drug-likeness (QED) is 0.812. The van der Waals surface area contributed by atoms with Crippen LogP contribution in [0.4, 0.5) is 4.39 Å². The van der Waals surface area contributed by atoms with Crippen molar-refractivity contribution in [2.75, 3.05) is 6.61 Å². The monoisotopic (exact) mass is 276 g/mol. The van der Waals surface area contributed by atoms with Crippen LogP contribution in [0.3, 0.4) is 0 Å². The summed E-state index contributed by atoms with van der Waals surface area (Å²) < 4.78 is 19.4. The highest BCUT2D eigenvalue weighted by atomic mass is 32.1. The molecule has 1 aromatic heterocycles. The van der Waals surface area contributed by atoms with Crippen molar-refractivity contribution < 1.29 is 9.13 Å². The number of aromatic nitrogens is 2. The Hall–Kier alpha value is -1.59. The minimum atomic E-state index is -0.267. The Balaban J connectivity index is 2.15. The molecule has 0 amide bonds. The molecule has 2 aromatic rings. The first-order chi connectivity index (χ1) is 9.13. The standard InChI is InChI=1S/C14H13FN2OS/c1-8-4-9(6-10(15)5-8)13-16-12-2-3-18-7-11(12)14(19)17-13/h4-6H,2-3,7H2,1H3,(H,16,17,19). The molecule has 98 valence electrons. The lowest BCUT2D eigenvalue weighted by molar-refractivity contribution is 0.108. The minimum absolute atomic E-state index is 0.267. The van der Waals surface area contributed by atoms with E-state index in [-0.39, 0.29) is 5.82 Å². The molecule has 0 spiro atoms. The Labute approximate surface area is 115 Å². The van der Waals surface area contributed by atoms with E-state index in [4.69, 9.17) is 17.0 Å². The summed E-state index contributed by atoms with van der Waals surface area (Å²) in [6.07, 6.45) is 0.781. The molecule has 0 bridgehead atoms. The van der Waals surface area contributed by atoms with E-state index in [1.54, 1.807) is 0 Å². The van der Waals surface area contributed by atoms with Gasteiger partial charge >= 0.3 is 0 Å². The summed E-state index contributed by atoms with van der Waals surface area (Å²) in [6.45, 7) is 3.03. The van der Waals surface area contributed by atoms with Crippen molar-refractivity contribution in [1.29, 1.82) is 0 Å². The molecule has 0 unspecified atom stereocenters. The molecule has 5 heteroatoms. The Bertz CT molecular complexity index is 676. The number of hydrogen-bond donors (Lipinski definition) is 1. The Kier molecular flexibility index (Phi) is 3.16. The van der Waals surface area contributed by atoms with Gasteiger partial charge < -0.3 is 9.72 Å². The third-order valence-electron chi connectivity index (χ3n) is 3.16. The molecule has 0 aliphatic carbocycles. The summed E-state index contributed by atoms with van der Waals surface area (Å²) >= 11 is 5.29. The van der Waals surface area contributed by atoms with Crippen molar-refractivity contribution in [1.82, 2.24) is 9.97 Å². The highest BCUT2D eigenvalue weighted by molar-refractivity contribution is 7.71. The zero-order chi connectivity index (χ0) is 13.4. The lowest BCUT2D eigenvalue weighted by atomic mass is 10.1. The van der Waals surface area contributed by atoms with Crippen molar-refractivity contribution >= 4 is 12.2 Å². The summed E-state index contributed by atoms with van der Waals surface area (Å²) in [4.78, 5) is 7.60. The molecule has 1 aliphatic rings. The summed E-state index contributed by atoms with van der Waals surface area (Å²) in [5, 5.41) is 0. The first kappa shape index (κ1) is 12.4. The maximum Gasteiger partial charge on any atom is 0.139 e. The van der Waals surface area contributed by atoms with Crippen LogP contribution >= 0.6 is 12.2 Å². The number of rotatable bonds is 1. The van der Waals surface area contributed by atoms with Crippen LogP contribution in [0, 0.1) is 17.4 Å². The van der Waals surface area contributed by atoms with Crippen LogP contribution in [0.15, 0.2) is 18.2 Å². The second-order valence-electron chi connectivity index (χ2n) is 4.67. The van der Waals surface area contributed by atoms with Gasteiger partial charge in [-0.25, -0.2) is 9.37 Å². The van der Waals surface area contributed by atoms with Crippen LogP contribution < -0.4 is 0 Å². The number of H-pyrrole nitrogens is 1. The van der Waals surface area contributed by atoms with Crippen LogP contribution in [-0.2, 0) is 17.8 Å². The largest absolute Gasteiger partial charge is 0.376 e. The molecular formula is C14H13FN2OS. The second kappa shape index (κ2) is 4.83. The molecule has 1 aliphatic heterocycles. The van der Waals surface area contributed by atoms with E-state index in [9.17, 15) is 4.39 Å². The molecule has 0 saturated carbocycles. The van der Waals surface area contributed by atoms with Crippen molar-refractivity contribution in [2.24, 2.45) is 0 Å². The normalized spacial score (nSPS) is 14.2. The molecule has 1 N–H and O–H groups in total. The van der Waals surface area contributed by atoms with Crippen LogP contribution in [-0.4, -0.2) is 16.6 Å². The number of aryl methyl sites for hydroxylation is 1. The van der Waals surface area contributed by atoms with Crippen molar-refractivity contribution in [2.45, 2.75) is 20.0 Å². The van der Waals surface area contributed by atoms with E-state index in [1.165, 1.54) is 12.1 Å². The molecular weight excluding hydrogens is 263 g/mol. The van der Waals surface area contributed by atoms with Crippen LogP contribution in [0.5, 0.6) is 0 Å². The fraction of sp³-hybridized carbons (Fsp3) is 0.286. The maximum absolute atomic E-state index is 13.5. The van der Waals surface area contributed by atoms with Gasteiger partial charge in [0.25, 0.3) is 0 Å². The zero-order valence-corrected chi connectivity index (χ0v) is 11.3. The smallest absolute Gasteiger partial charge is 0.139 e. The maximum atomic E-state index is 13.5. The topological polar surface area (TPSA) is 37.9 Å². The predicted octanol–water partition coefficient (Wildman–Crippen LogP) is 3.33. The fourth-order valence-corrected chi connectivity index (χ4v) is 2.54. The molecule has 0 radical (unpaired) electrons.